The second-order valence-corrected chi connectivity index (χ2v) is 9.20. The van der Waals surface area contributed by atoms with Crippen LogP contribution in [0.5, 0.6) is 5.88 Å². The van der Waals surface area contributed by atoms with Crippen LogP contribution >= 0.6 is 11.8 Å². The number of hydrogen-bond acceptors (Lipinski definition) is 6. The highest BCUT2D eigenvalue weighted by atomic mass is 32.2. The molecule has 0 aliphatic rings. The highest BCUT2D eigenvalue weighted by molar-refractivity contribution is 7.98. The second kappa shape index (κ2) is 16.3. The first-order valence-electron chi connectivity index (χ1n) is 12.5. The molecule has 0 aliphatic carbocycles. The van der Waals surface area contributed by atoms with Gasteiger partial charge in [-0.05, 0) is 44.8 Å². The summed E-state index contributed by atoms with van der Waals surface area (Å²) in [5.74, 6) is -0.615. The van der Waals surface area contributed by atoms with E-state index in [1.54, 1.807) is 11.7 Å². The third kappa shape index (κ3) is 9.49. The van der Waals surface area contributed by atoms with Crippen LogP contribution in [0.2, 0.25) is 0 Å². The van der Waals surface area contributed by atoms with E-state index in [2.05, 4.69) is 46.3 Å². The molecule has 188 valence electrons. The van der Waals surface area contributed by atoms with Crippen molar-refractivity contribution < 1.29 is 14.6 Å². The number of carboxylic acids is 1. The minimum Gasteiger partial charge on any atom is -0.476 e. The Bertz CT molecular complexity index is 940. The molecule has 0 atom stereocenters. The molecular weight excluding hydrogens is 448 g/mol. The summed E-state index contributed by atoms with van der Waals surface area (Å²) in [7, 11) is 1.74. The van der Waals surface area contributed by atoms with Crippen LogP contribution in [0.15, 0.2) is 29.5 Å². The Labute approximate surface area is 208 Å². The molecule has 0 amide bonds. The van der Waals surface area contributed by atoms with Gasteiger partial charge in [0.05, 0.1) is 6.61 Å². The quantitative estimate of drug-likeness (QED) is 0.105. The molecule has 0 saturated heterocycles. The average Bonchev–Trinajstić information content (AvgIpc) is 3.15. The first-order chi connectivity index (χ1) is 16.6. The number of rotatable bonds is 18. The van der Waals surface area contributed by atoms with Gasteiger partial charge in [-0.25, -0.2) is 19.4 Å². The summed E-state index contributed by atoms with van der Waals surface area (Å²) in [6, 6.07) is 0. The number of allylic oxidation sites excluding steroid dienone is 4. The number of hydrogen-bond donors (Lipinski definition) is 1. The molecule has 0 fully saturated rings. The summed E-state index contributed by atoms with van der Waals surface area (Å²) < 4.78 is 7.48. The summed E-state index contributed by atoms with van der Waals surface area (Å²) in [5.41, 5.74) is 0.632. The Morgan fingerprint density at radius 1 is 0.941 bits per heavy atom. The third-order valence-corrected chi connectivity index (χ3v) is 6.13. The van der Waals surface area contributed by atoms with Crippen molar-refractivity contribution in [3.05, 3.63) is 30.0 Å². The normalized spacial score (nSPS) is 11.9. The fourth-order valence-corrected chi connectivity index (χ4v) is 4.05. The topological polar surface area (TPSA) is 90.1 Å². The van der Waals surface area contributed by atoms with Gasteiger partial charge in [-0.2, -0.15) is 5.10 Å². The molecule has 2 aromatic heterocycles. The number of aromatic nitrogens is 4. The lowest BCUT2D eigenvalue weighted by atomic mass is 10.1. The van der Waals surface area contributed by atoms with Crippen LogP contribution in [0.4, 0.5) is 0 Å². The molecule has 2 rings (SSSR count). The van der Waals surface area contributed by atoms with Gasteiger partial charge in [-0.3, -0.25) is 0 Å². The zero-order valence-electron chi connectivity index (χ0n) is 21.0. The molecule has 2 aromatic rings. The van der Waals surface area contributed by atoms with Gasteiger partial charge < -0.3 is 9.84 Å². The Morgan fingerprint density at radius 3 is 2.24 bits per heavy atom. The summed E-state index contributed by atoms with van der Waals surface area (Å²) in [5, 5.41) is 14.1. The predicted molar refractivity (Wildman–Crippen MR) is 140 cm³/mol. The van der Waals surface area contributed by atoms with Gasteiger partial charge in [0.1, 0.15) is 5.52 Å². The van der Waals surface area contributed by atoms with Crippen LogP contribution in [-0.4, -0.2) is 43.7 Å². The van der Waals surface area contributed by atoms with E-state index in [9.17, 15) is 9.90 Å². The lowest BCUT2D eigenvalue weighted by Crippen LogP contribution is -2.04. The van der Waals surface area contributed by atoms with Crippen LogP contribution in [0.3, 0.4) is 0 Å². The molecule has 0 saturated carbocycles. The average molecular weight is 489 g/mol. The minimum atomic E-state index is -1.11. The number of unbranched alkanes of at least 4 members (excludes halogenated alkanes) is 9. The first-order valence-corrected chi connectivity index (χ1v) is 13.8. The van der Waals surface area contributed by atoms with Crippen molar-refractivity contribution in [2.75, 3.05) is 12.9 Å². The van der Waals surface area contributed by atoms with Crippen LogP contribution in [0, 0.1) is 0 Å². The molecule has 0 radical (unpaired) electrons. The lowest BCUT2D eigenvalue weighted by Gasteiger charge is -2.06. The van der Waals surface area contributed by atoms with Crippen molar-refractivity contribution in [2.45, 2.75) is 89.1 Å². The summed E-state index contributed by atoms with van der Waals surface area (Å²) in [6.45, 7) is 2.80. The van der Waals surface area contributed by atoms with Crippen LogP contribution < -0.4 is 4.74 Å². The molecule has 34 heavy (non-hydrogen) atoms. The van der Waals surface area contributed by atoms with E-state index in [1.165, 1.54) is 69.5 Å². The number of carbonyl (C=O) groups is 1. The number of aromatic carboxylic acids is 1. The minimum absolute atomic E-state index is 0.0893. The number of ether oxygens (including phenoxy) is 1. The van der Waals surface area contributed by atoms with Crippen molar-refractivity contribution >= 4 is 28.8 Å². The summed E-state index contributed by atoms with van der Waals surface area (Å²) in [6.07, 6.45) is 25.4. The van der Waals surface area contributed by atoms with Crippen LogP contribution in [-0.2, 0) is 7.05 Å². The first kappa shape index (κ1) is 27.9. The maximum absolute atomic E-state index is 11.5. The standard InChI is InChI=1S/C26H40N4O3S/c1-4-5-6-7-8-9-10-11-12-13-14-15-16-17-18-19-20-33-24-22-21(29-30(24)2)23(25(31)32)28-26(27-22)34-3/h8-9,11-12H,4-7,10,13-20H2,1-3H3,(H,31,32)/b9-8-,12-11-. The van der Waals surface area contributed by atoms with E-state index in [1.807, 2.05) is 6.26 Å². The van der Waals surface area contributed by atoms with Crippen LogP contribution in [0.1, 0.15) is 94.5 Å². The van der Waals surface area contributed by atoms with Gasteiger partial charge >= 0.3 is 5.97 Å². The van der Waals surface area contributed by atoms with E-state index in [0.717, 1.165) is 19.3 Å². The van der Waals surface area contributed by atoms with E-state index in [-0.39, 0.29) is 11.2 Å². The SMILES string of the molecule is CCCCC/C=C\C/C=C\CCCCCCCCOc1c2nc(SC)nc(C(=O)O)c2nn1C. The van der Waals surface area contributed by atoms with Gasteiger partial charge in [0.2, 0.25) is 5.88 Å². The molecule has 7 nitrogen and oxygen atoms in total. The zero-order valence-corrected chi connectivity index (χ0v) is 21.8. The fraction of sp³-hybridized carbons (Fsp3) is 0.615. The van der Waals surface area contributed by atoms with E-state index >= 15 is 0 Å². The molecule has 8 heteroatoms. The van der Waals surface area contributed by atoms with E-state index in [4.69, 9.17) is 4.74 Å². The van der Waals surface area contributed by atoms with Gasteiger partial charge in [-0.1, -0.05) is 81.5 Å². The Kier molecular flexibility index (Phi) is 13.4. The van der Waals surface area contributed by atoms with E-state index in [0.29, 0.717) is 23.2 Å². The van der Waals surface area contributed by atoms with Gasteiger partial charge in [0.25, 0.3) is 0 Å². The zero-order chi connectivity index (χ0) is 24.6. The maximum Gasteiger partial charge on any atom is 0.357 e. The molecule has 2 heterocycles. The smallest absolute Gasteiger partial charge is 0.357 e. The Hall–Kier alpha value is -2.35. The lowest BCUT2D eigenvalue weighted by molar-refractivity contribution is 0.0691. The number of carboxylic acid groups (broad SMARTS) is 1. The van der Waals surface area contributed by atoms with Crippen molar-refractivity contribution in [3.8, 4) is 5.88 Å². The van der Waals surface area contributed by atoms with Crippen molar-refractivity contribution in [1.82, 2.24) is 19.7 Å². The fourth-order valence-electron chi connectivity index (χ4n) is 3.69. The monoisotopic (exact) mass is 488 g/mol. The number of fused-ring (bicyclic) bond motifs is 1. The van der Waals surface area contributed by atoms with Crippen LogP contribution in [0.25, 0.3) is 11.0 Å². The summed E-state index contributed by atoms with van der Waals surface area (Å²) in [4.78, 5) is 20.0. The van der Waals surface area contributed by atoms with Crippen molar-refractivity contribution in [3.63, 3.8) is 0 Å². The van der Waals surface area contributed by atoms with Crippen molar-refractivity contribution in [1.29, 1.82) is 0 Å². The molecular formula is C26H40N4O3S. The Morgan fingerprint density at radius 2 is 1.59 bits per heavy atom. The van der Waals surface area contributed by atoms with Gasteiger partial charge in [0, 0.05) is 7.05 Å². The highest BCUT2D eigenvalue weighted by Gasteiger charge is 2.21. The molecule has 0 bridgehead atoms. The third-order valence-electron chi connectivity index (χ3n) is 5.58. The second-order valence-electron chi connectivity index (χ2n) is 8.42. The molecule has 0 unspecified atom stereocenters. The van der Waals surface area contributed by atoms with Gasteiger partial charge in [-0.15, -0.1) is 0 Å². The maximum atomic E-state index is 11.5. The van der Waals surface area contributed by atoms with Gasteiger partial charge in [0.15, 0.2) is 16.4 Å². The summed E-state index contributed by atoms with van der Waals surface area (Å²) >= 11 is 1.30. The number of thioether (sulfide) groups is 1. The number of nitrogens with zero attached hydrogens (tertiary/aromatic N) is 4. The predicted octanol–water partition coefficient (Wildman–Crippen LogP) is 6.98. The molecule has 0 aromatic carbocycles. The molecule has 1 N–H and O–H groups in total. The number of aryl methyl sites for hydroxylation is 1. The highest BCUT2D eigenvalue weighted by Crippen LogP contribution is 2.27. The van der Waals surface area contributed by atoms with E-state index < -0.39 is 5.97 Å². The largest absolute Gasteiger partial charge is 0.476 e. The Balaban J connectivity index is 1.60. The molecule has 0 spiro atoms. The van der Waals surface area contributed by atoms with Crippen molar-refractivity contribution in [2.24, 2.45) is 7.05 Å². The molecule has 0 aliphatic heterocycles.